The molecule has 0 spiro atoms. The van der Waals surface area contributed by atoms with Crippen molar-refractivity contribution >= 4 is 35.1 Å². The lowest BCUT2D eigenvalue weighted by molar-refractivity contribution is -0.116. The summed E-state index contributed by atoms with van der Waals surface area (Å²) in [5, 5.41) is 8.31. The number of hydrogen-bond donors (Lipinski definition) is 1. The van der Waals surface area contributed by atoms with Crippen molar-refractivity contribution < 1.29 is 4.79 Å². The topological polar surface area (TPSA) is 46.9 Å². The molecule has 21 heavy (non-hydrogen) atoms. The summed E-state index contributed by atoms with van der Waals surface area (Å²) in [6.45, 7) is 1.99. The smallest absolute Gasteiger partial charge is 0.225 e. The number of rotatable bonds is 4. The third kappa shape index (κ3) is 2.94. The maximum atomic E-state index is 12.0. The summed E-state index contributed by atoms with van der Waals surface area (Å²) in [5.74, 6) is 2.59. The Kier molecular flexibility index (Phi) is 4.22. The van der Waals surface area contributed by atoms with Crippen LogP contribution in [-0.2, 0) is 16.3 Å². The van der Waals surface area contributed by atoms with Crippen LogP contribution in [0.1, 0.15) is 31.0 Å². The summed E-state index contributed by atoms with van der Waals surface area (Å²) >= 11 is 7.88. The molecule has 110 valence electrons. The van der Waals surface area contributed by atoms with Crippen molar-refractivity contribution in [1.29, 1.82) is 0 Å². The van der Waals surface area contributed by atoms with Gasteiger partial charge in [0.25, 0.3) is 0 Å². The van der Waals surface area contributed by atoms with E-state index in [0.29, 0.717) is 11.4 Å². The maximum Gasteiger partial charge on any atom is 0.225 e. The van der Waals surface area contributed by atoms with Crippen LogP contribution in [0.3, 0.4) is 0 Å². The van der Waals surface area contributed by atoms with E-state index in [4.69, 9.17) is 11.6 Å². The summed E-state index contributed by atoms with van der Waals surface area (Å²) < 4.78 is 1.80. The van der Waals surface area contributed by atoms with Crippen LogP contribution in [0.4, 0.5) is 5.82 Å². The molecule has 1 aromatic carbocycles. The first-order valence-corrected chi connectivity index (χ1v) is 8.46. The van der Waals surface area contributed by atoms with Gasteiger partial charge in [-0.1, -0.05) is 24.6 Å². The van der Waals surface area contributed by atoms with Crippen LogP contribution < -0.4 is 5.32 Å². The average molecular weight is 322 g/mol. The van der Waals surface area contributed by atoms with Crippen molar-refractivity contribution in [3.05, 3.63) is 40.5 Å². The molecule has 6 heteroatoms. The molecule has 1 aliphatic rings. The van der Waals surface area contributed by atoms with Gasteiger partial charge in [-0.25, -0.2) is 4.68 Å². The molecule has 0 bridgehead atoms. The molecule has 0 unspecified atom stereocenters. The number of anilines is 1. The lowest BCUT2D eigenvalue weighted by Crippen LogP contribution is -2.15. The number of thioether (sulfide) groups is 1. The minimum atomic E-state index is 0.0281. The van der Waals surface area contributed by atoms with Gasteiger partial charge in [-0.05, 0) is 24.6 Å². The Hall–Kier alpha value is -1.46. The highest BCUT2D eigenvalue weighted by Crippen LogP contribution is 2.36. The first-order valence-electron chi connectivity index (χ1n) is 6.93. The lowest BCUT2D eigenvalue weighted by atomic mass is 10.2. The SMILES string of the molecule is CCCC(=O)Nc1c2c(nn1-c1cccc(Cl)c1)CSC2. The number of benzene rings is 1. The molecule has 4 nitrogen and oxygen atoms in total. The minimum absolute atomic E-state index is 0.0281. The third-order valence-corrected chi connectivity index (χ3v) is 4.54. The van der Waals surface area contributed by atoms with E-state index in [1.54, 1.807) is 4.68 Å². The molecule has 1 N–H and O–H groups in total. The fourth-order valence-electron chi connectivity index (χ4n) is 2.36. The molecule has 1 aromatic heterocycles. The van der Waals surface area contributed by atoms with Gasteiger partial charge in [0.2, 0.25) is 5.91 Å². The predicted molar refractivity (Wildman–Crippen MR) is 87.1 cm³/mol. The predicted octanol–water partition coefficient (Wildman–Crippen LogP) is 4.01. The van der Waals surface area contributed by atoms with Gasteiger partial charge in [-0.15, -0.1) is 0 Å². The summed E-state index contributed by atoms with van der Waals surface area (Å²) in [6, 6.07) is 7.51. The zero-order valence-electron chi connectivity index (χ0n) is 11.7. The Morgan fingerprint density at radius 2 is 2.33 bits per heavy atom. The second-order valence-corrected chi connectivity index (χ2v) is 6.38. The van der Waals surface area contributed by atoms with E-state index in [0.717, 1.165) is 40.7 Å². The molecule has 1 amide bonds. The number of hydrogen-bond acceptors (Lipinski definition) is 3. The van der Waals surface area contributed by atoms with Crippen LogP contribution in [0.2, 0.25) is 5.02 Å². The monoisotopic (exact) mass is 321 g/mol. The molecule has 0 aliphatic carbocycles. The number of carbonyl (C=O) groups excluding carboxylic acids is 1. The standard InChI is InChI=1S/C15H16ClN3OS/c1-2-4-14(20)17-15-12-8-21-9-13(12)18-19(15)11-6-3-5-10(16)7-11/h3,5-7H,2,4,8-9H2,1H3,(H,17,20). The number of nitrogens with one attached hydrogen (secondary N) is 1. The van der Waals surface area contributed by atoms with Gasteiger partial charge in [-0.2, -0.15) is 16.9 Å². The van der Waals surface area contributed by atoms with Crippen molar-refractivity contribution in [2.24, 2.45) is 0 Å². The van der Waals surface area contributed by atoms with Gasteiger partial charge < -0.3 is 5.32 Å². The van der Waals surface area contributed by atoms with E-state index in [2.05, 4.69) is 10.4 Å². The quantitative estimate of drug-likeness (QED) is 0.925. The third-order valence-electron chi connectivity index (χ3n) is 3.34. The molecule has 3 rings (SSSR count). The highest BCUT2D eigenvalue weighted by molar-refractivity contribution is 7.98. The Morgan fingerprint density at radius 3 is 3.10 bits per heavy atom. The summed E-state index contributed by atoms with van der Waals surface area (Å²) in [6.07, 6.45) is 1.34. The molecule has 1 aliphatic heterocycles. The first-order chi connectivity index (χ1) is 10.2. The summed E-state index contributed by atoms with van der Waals surface area (Å²) in [5.41, 5.74) is 3.05. The molecule has 0 saturated carbocycles. The van der Waals surface area contributed by atoms with Gasteiger partial charge in [0.05, 0.1) is 11.4 Å². The van der Waals surface area contributed by atoms with Crippen molar-refractivity contribution in [2.45, 2.75) is 31.3 Å². The van der Waals surface area contributed by atoms with E-state index < -0.39 is 0 Å². The largest absolute Gasteiger partial charge is 0.310 e. The van der Waals surface area contributed by atoms with E-state index in [9.17, 15) is 4.79 Å². The van der Waals surface area contributed by atoms with Crippen LogP contribution in [0.5, 0.6) is 0 Å². The van der Waals surface area contributed by atoms with E-state index >= 15 is 0 Å². The summed E-state index contributed by atoms with van der Waals surface area (Å²) in [4.78, 5) is 12.0. The van der Waals surface area contributed by atoms with Crippen molar-refractivity contribution in [3.63, 3.8) is 0 Å². The zero-order chi connectivity index (χ0) is 14.8. The Morgan fingerprint density at radius 1 is 1.48 bits per heavy atom. The zero-order valence-corrected chi connectivity index (χ0v) is 13.3. The van der Waals surface area contributed by atoms with Crippen LogP contribution in [0.15, 0.2) is 24.3 Å². The Bertz CT molecular complexity index is 684. The van der Waals surface area contributed by atoms with Crippen molar-refractivity contribution in [1.82, 2.24) is 9.78 Å². The number of aromatic nitrogens is 2. The Balaban J connectivity index is 2.02. The molecular weight excluding hydrogens is 306 g/mol. The average Bonchev–Trinajstić information content (AvgIpc) is 3.02. The van der Waals surface area contributed by atoms with E-state index in [1.807, 2.05) is 43.0 Å². The lowest BCUT2D eigenvalue weighted by Gasteiger charge is -2.11. The molecule has 0 atom stereocenters. The number of nitrogens with zero attached hydrogens (tertiary/aromatic N) is 2. The second-order valence-electron chi connectivity index (χ2n) is 4.96. The van der Waals surface area contributed by atoms with Gasteiger partial charge in [0, 0.05) is 28.5 Å². The summed E-state index contributed by atoms with van der Waals surface area (Å²) in [7, 11) is 0. The fraction of sp³-hybridized carbons (Fsp3) is 0.333. The molecule has 2 heterocycles. The first kappa shape index (κ1) is 14.5. The van der Waals surface area contributed by atoms with Gasteiger partial charge in [0.15, 0.2) is 0 Å². The number of fused-ring (bicyclic) bond motifs is 1. The number of carbonyl (C=O) groups is 1. The molecular formula is C15H16ClN3OS. The molecule has 0 radical (unpaired) electrons. The highest BCUT2D eigenvalue weighted by atomic mass is 35.5. The molecule has 2 aromatic rings. The van der Waals surface area contributed by atoms with Crippen molar-refractivity contribution in [3.8, 4) is 5.69 Å². The molecule has 0 fully saturated rings. The fourth-order valence-corrected chi connectivity index (χ4v) is 3.58. The second kappa shape index (κ2) is 6.12. The normalized spacial score (nSPS) is 13.2. The van der Waals surface area contributed by atoms with E-state index in [1.165, 1.54) is 0 Å². The van der Waals surface area contributed by atoms with Gasteiger partial charge >= 0.3 is 0 Å². The molecule has 0 saturated heterocycles. The van der Waals surface area contributed by atoms with Crippen LogP contribution in [-0.4, -0.2) is 15.7 Å². The van der Waals surface area contributed by atoms with Gasteiger partial charge in [0.1, 0.15) is 5.82 Å². The number of halogens is 1. The maximum absolute atomic E-state index is 12.0. The van der Waals surface area contributed by atoms with Gasteiger partial charge in [-0.3, -0.25) is 4.79 Å². The van der Waals surface area contributed by atoms with Crippen molar-refractivity contribution in [2.75, 3.05) is 5.32 Å². The van der Waals surface area contributed by atoms with Crippen LogP contribution in [0, 0.1) is 0 Å². The minimum Gasteiger partial charge on any atom is -0.310 e. The highest BCUT2D eigenvalue weighted by Gasteiger charge is 2.24. The van der Waals surface area contributed by atoms with Crippen LogP contribution >= 0.6 is 23.4 Å². The Labute approximate surface area is 132 Å². The van der Waals surface area contributed by atoms with E-state index in [-0.39, 0.29) is 5.91 Å². The van der Waals surface area contributed by atoms with Crippen LogP contribution in [0.25, 0.3) is 5.69 Å². The number of amides is 1.